The molecule has 1 heterocycles. The van der Waals surface area contributed by atoms with Gasteiger partial charge in [-0.25, -0.2) is 12.8 Å². The quantitative estimate of drug-likeness (QED) is 0.708. The van der Waals surface area contributed by atoms with Gasteiger partial charge in [-0.15, -0.1) is 0 Å². The van der Waals surface area contributed by atoms with E-state index < -0.39 is 15.9 Å². The highest BCUT2D eigenvalue weighted by Gasteiger charge is 2.35. The summed E-state index contributed by atoms with van der Waals surface area (Å²) in [4.78, 5) is 15.0. The number of ether oxygens (including phenoxy) is 1. The van der Waals surface area contributed by atoms with Crippen molar-refractivity contribution in [3.63, 3.8) is 0 Å². The average molecular weight is 405 g/mol. The fourth-order valence-electron chi connectivity index (χ4n) is 3.31. The van der Waals surface area contributed by atoms with E-state index in [2.05, 4.69) is 0 Å². The second-order valence-corrected chi connectivity index (χ2v) is 9.19. The van der Waals surface area contributed by atoms with Gasteiger partial charge in [0.15, 0.2) is 9.84 Å². The Morgan fingerprint density at radius 1 is 1.18 bits per heavy atom. The molecule has 3 rings (SSSR count). The number of hydrogen-bond acceptors (Lipinski definition) is 4. The zero-order chi connectivity index (χ0) is 20.1. The third kappa shape index (κ3) is 4.90. The van der Waals surface area contributed by atoms with Gasteiger partial charge in [-0.05, 0) is 42.7 Å². The van der Waals surface area contributed by atoms with E-state index in [-0.39, 0.29) is 29.8 Å². The second kappa shape index (κ2) is 8.73. The lowest BCUT2D eigenvalue weighted by Gasteiger charge is -2.29. The van der Waals surface area contributed by atoms with Crippen LogP contribution < -0.4 is 4.74 Å². The SMILES string of the molecule is CCCOc1ccccc1C(=O)N(Cc1ccc(F)cc1)[C@@H]1CCS(=O)(=O)C1. The Morgan fingerprint density at radius 2 is 1.89 bits per heavy atom. The number of amides is 1. The molecule has 0 aromatic heterocycles. The number of carbonyl (C=O) groups is 1. The number of rotatable bonds is 7. The lowest BCUT2D eigenvalue weighted by Crippen LogP contribution is -2.40. The van der Waals surface area contributed by atoms with Crippen LogP contribution in [0.5, 0.6) is 5.75 Å². The van der Waals surface area contributed by atoms with Crippen molar-refractivity contribution in [2.45, 2.75) is 32.4 Å². The molecule has 0 aliphatic carbocycles. The molecule has 1 atom stereocenters. The highest BCUT2D eigenvalue weighted by molar-refractivity contribution is 7.91. The van der Waals surface area contributed by atoms with Crippen molar-refractivity contribution in [1.82, 2.24) is 4.90 Å². The maximum Gasteiger partial charge on any atom is 0.258 e. The molecular weight excluding hydrogens is 381 g/mol. The van der Waals surface area contributed by atoms with Gasteiger partial charge in [0.05, 0.1) is 23.7 Å². The molecule has 1 aliphatic heterocycles. The lowest BCUT2D eigenvalue weighted by molar-refractivity contribution is 0.0676. The fourth-order valence-corrected chi connectivity index (χ4v) is 5.04. The summed E-state index contributed by atoms with van der Waals surface area (Å²) in [6.07, 6.45) is 1.20. The molecule has 2 aromatic carbocycles. The molecular formula is C21H24FNO4S. The smallest absolute Gasteiger partial charge is 0.258 e. The van der Waals surface area contributed by atoms with E-state index in [1.807, 2.05) is 6.92 Å². The minimum Gasteiger partial charge on any atom is -0.493 e. The Labute approximate surface area is 165 Å². The standard InChI is InChI=1S/C21H24FNO4S/c1-2-12-27-20-6-4-3-5-19(20)21(24)23(18-11-13-28(25,26)15-18)14-16-7-9-17(22)10-8-16/h3-10,18H,2,11-15H2,1H3/t18-/m1/s1. The van der Waals surface area contributed by atoms with Gasteiger partial charge in [0.25, 0.3) is 5.91 Å². The van der Waals surface area contributed by atoms with Crippen LogP contribution in [0.3, 0.4) is 0 Å². The number of carbonyl (C=O) groups excluding carboxylic acids is 1. The number of nitrogens with zero attached hydrogens (tertiary/aromatic N) is 1. The third-order valence-corrected chi connectivity index (χ3v) is 6.51. The summed E-state index contributed by atoms with van der Waals surface area (Å²) < 4.78 is 43.0. The molecule has 2 aromatic rings. The van der Waals surface area contributed by atoms with E-state index in [9.17, 15) is 17.6 Å². The molecule has 1 aliphatic rings. The average Bonchev–Trinajstić information content (AvgIpc) is 3.05. The van der Waals surface area contributed by atoms with Crippen LogP contribution in [0.4, 0.5) is 4.39 Å². The van der Waals surface area contributed by atoms with Gasteiger partial charge >= 0.3 is 0 Å². The third-order valence-electron chi connectivity index (χ3n) is 4.76. The van der Waals surface area contributed by atoms with Crippen LogP contribution >= 0.6 is 0 Å². The van der Waals surface area contributed by atoms with Gasteiger partial charge in [0, 0.05) is 12.6 Å². The Kier molecular flexibility index (Phi) is 6.34. The zero-order valence-corrected chi connectivity index (χ0v) is 16.6. The molecule has 0 spiro atoms. The van der Waals surface area contributed by atoms with E-state index in [1.54, 1.807) is 41.3 Å². The molecule has 150 valence electrons. The molecule has 5 nitrogen and oxygen atoms in total. The van der Waals surface area contributed by atoms with Crippen LogP contribution in [-0.2, 0) is 16.4 Å². The molecule has 0 radical (unpaired) electrons. The predicted molar refractivity (Wildman–Crippen MR) is 106 cm³/mol. The van der Waals surface area contributed by atoms with Crippen molar-refractivity contribution in [2.75, 3.05) is 18.1 Å². The molecule has 0 N–H and O–H groups in total. The molecule has 0 unspecified atom stereocenters. The van der Waals surface area contributed by atoms with Gasteiger partial charge in [-0.1, -0.05) is 31.2 Å². The van der Waals surface area contributed by atoms with E-state index >= 15 is 0 Å². The summed E-state index contributed by atoms with van der Waals surface area (Å²) in [6.45, 7) is 2.68. The minimum atomic E-state index is -3.16. The molecule has 1 fully saturated rings. The van der Waals surface area contributed by atoms with Gasteiger partial charge < -0.3 is 9.64 Å². The number of para-hydroxylation sites is 1. The normalized spacial score (nSPS) is 18.0. The van der Waals surface area contributed by atoms with Crippen molar-refractivity contribution >= 4 is 15.7 Å². The first-order chi connectivity index (χ1) is 13.4. The van der Waals surface area contributed by atoms with Crippen LogP contribution in [0, 0.1) is 5.82 Å². The van der Waals surface area contributed by atoms with Gasteiger partial charge in [-0.3, -0.25) is 4.79 Å². The Hall–Kier alpha value is -2.41. The monoisotopic (exact) mass is 405 g/mol. The second-order valence-electron chi connectivity index (χ2n) is 6.96. The number of sulfone groups is 1. The van der Waals surface area contributed by atoms with Crippen LogP contribution in [0.15, 0.2) is 48.5 Å². The summed E-state index contributed by atoms with van der Waals surface area (Å²) in [6, 6.07) is 12.5. The maximum atomic E-state index is 13.4. The van der Waals surface area contributed by atoms with Gasteiger partial charge in [0.2, 0.25) is 0 Å². The Morgan fingerprint density at radius 3 is 2.54 bits per heavy atom. The number of hydrogen-bond donors (Lipinski definition) is 0. The van der Waals surface area contributed by atoms with E-state index in [4.69, 9.17) is 4.74 Å². The molecule has 0 saturated carbocycles. The van der Waals surface area contributed by atoms with Crippen molar-refractivity contribution in [3.8, 4) is 5.75 Å². The van der Waals surface area contributed by atoms with Crippen molar-refractivity contribution < 1.29 is 22.3 Å². The zero-order valence-electron chi connectivity index (χ0n) is 15.8. The molecule has 1 amide bonds. The summed E-state index contributed by atoms with van der Waals surface area (Å²) >= 11 is 0. The summed E-state index contributed by atoms with van der Waals surface area (Å²) in [5.41, 5.74) is 1.15. The number of halogens is 1. The Balaban J connectivity index is 1.92. The highest BCUT2D eigenvalue weighted by Crippen LogP contribution is 2.26. The summed E-state index contributed by atoms with van der Waals surface area (Å²) in [5, 5.41) is 0. The van der Waals surface area contributed by atoms with Crippen LogP contribution in [-0.4, -0.2) is 43.4 Å². The number of benzene rings is 2. The molecule has 1 saturated heterocycles. The molecule has 0 bridgehead atoms. The predicted octanol–water partition coefficient (Wildman–Crippen LogP) is 3.44. The summed E-state index contributed by atoms with van der Waals surface area (Å²) in [7, 11) is -3.16. The molecule has 28 heavy (non-hydrogen) atoms. The maximum absolute atomic E-state index is 13.4. The summed E-state index contributed by atoms with van der Waals surface area (Å²) in [5.74, 6) is -0.141. The lowest BCUT2D eigenvalue weighted by atomic mass is 10.1. The Bertz CT molecular complexity index is 928. The van der Waals surface area contributed by atoms with Crippen LogP contribution in [0.1, 0.15) is 35.7 Å². The van der Waals surface area contributed by atoms with E-state index in [0.29, 0.717) is 24.3 Å². The van der Waals surface area contributed by atoms with E-state index in [0.717, 1.165) is 12.0 Å². The minimum absolute atomic E-state index is 0.0576. The first-order valence-electron chi connectivity index (χ1n) is 9.37. The molecule has 7 heteroatoms. The highest BCUT2D eigenvalue weighted by atomic mass is 32.2. The first-order valence-corrected chi connectivity index (χ1v) is 11.2. The largest absolute Gasteiger partial charge is 0.493 e. The first kappa shape index (κ1) is 20.3. The fraction of sp³-hybridized carbons (Fsp3) is 0.381. The van der Waals surface area contributed by atoms with Crippen molar-refractivity contribution in [1.29, 1.82) is 0 Å². The van der Waals surface area contributed by atoms with Gasteiger partial charge in [0.1, 0.15) is 11.6 Å². The topological polar surface area (TPSA) is 63.7 Å². The van der Waals surface area contributed by atoms with Crippen LogP contribution in [0.25, 0.3) is 0 Å². The van der Waals surface area contributed by atoms with Crippen molar-refractivity contribution in [2.24, 2.45) is 0 Å². The van der Waals surface area contributed by atoms with Crippen LogP contribution in [0.2, 0.25) is 0 Å². The van der Waals surface area contributed by atoms with E-state index in [1.165, 1.54) is 12.1 Å². The van der Waals surface area contributed by atoms with Gasteiger partial charge in [-0.2, -0.15) is 0 Å². The van der Waals surface area contributed by atoms with Crippen molar-refractivity contribution in [3.05, 3.63) is 65.5 Å².